The molecule has 3 aliphatic rings. The Morgan fingerprint density at radius 1 is 1.21 bits per heavy atom. The molecule has 2 aromatic heterocycles. The monoisotopic (exact) mass is 465 g/mol. The Bertz CT molecular complexity index is 1090. The number of hydrogen-bond acceptors (Lipinski definition) is 8. The first-order valence-electron chi connectivity index (χ1n) is 12.0. The second kappa shape index (κ2) is 8.90. The molecule has 10 heteroatoms. The van der Waals surface area contributed by atoms with E-state index in [1.165, 1.54) is 6.33 Å². The largest absolute Gasteiger partial charge is 0.456 e. The van der Waals surface area contributed by atoms with Gasteiger partial charge in [0, 0.05) is 31.2 Å². The first-order valence-corrected chi connectivity index (χ1v) is 12.0. The van der Waals surface area contributed by atoms with Crippen LogP contribution in [-0.2, 0) is 14.3 Å². The smallest absolute Gasteiger partial charge is 0.336 e. The highest BCUT2D eigenvalue weighted by Gasteiger charge is 2.44. The summed E-state index contributed by atoms with van der Waals surface area (Å²) >= 11 is 0. The Hall–Kier alpha value is -3.14. The minimum atomic E-state index is -0.305. The minimum absolute atomic E-state index is 0.0845. The molecule has 1 saturated carbocycles. The lowest BCUT2D eigenvalue weighted by atomic mass is 9.66. The van der Waals surface area contributed by atoms with Crippen molar-refractivity contribution in [3.63, 3.8) is 0 Å². The van der Waals surface area contributed by atoms with E-state index in [1.807, 2.05) is 12.3 Å². The van der Waals surface area contributed by atoms with Crippen LogP contribution in [0.5, 0.6) is 0 Å². The van der Waals surface area contributed by atoms with Crippen LogP contribution in [0.15, 0.2) is 35.9 Å². The summed E-state index contributed by atoms with van der Waals surface area (Å²) in [6, 6.07) is 4.72. The van der Waals surface area contributed by atoms with Crippen LogP contribution < -0.4 is 0 Å². The van der Waals surface area contributed by atoms with E-state index in [9.17, 15) is 9.59 Å². The van der Waals surface area contributed by atoms with Crippen LogP contribution >= 0.6 is 0 Å². The zero-order valence-electron chi connectivity index (χ0n) is 20.0. The third-order valence-corrected chi connectivity index (χ3v) is 8.14. The Kier molecular flexibility index (Phi) is 5.93. The van der Waals surface area contributed by atoms with Gasteiger partial charge in [0.05, 0.1) is 11.3 Å². The fourth-order valence-corrected chi connectivity index (χ4v) is 5.66. The summed E-state index contributed by atoms with van der Waals surface area (Å²) in [5.41, 5.74) is 2.57. The number of pyridine rings is 1. The van der Waals surface area contributed by atoms with Gasteiger partial charge in [-0.1, -0.05) is 6.07 Å². The number of hydrogen-bond donors (Lipinski definition) is 0. The maximum Gasteiger partial charge on any atom is 0.336 e. The van der Waals surface area contributed by atoms with Crippen molar-refractivity contribution in [2.75, 3.05) is 20.2 Å². The molecular formula is C24H31N7O3. The van der Waals surface area contributed by atoms with Crippen molar-refractivity contribution in [1.29, 1.82) is 0 Å². The van der Waals surface area contributed by atoms with Crippen LogP contribution in [0.1, 0.15) is 64.0 Å². The predicted molar refractivity (Wildman–Crippen MR) is 122 cm³/mol. The Balaban J connectivity index is 1.18. The summed E-state index contributed by atoms with van der Waals surface area (Å²) < 4.78 is 6.66. The molecule has 5 rings (SSSR count). The van der Waals surface area contributed by atoms with E-state index < -0.39 is 0 Å². The maximum absolute atomic E-state index is 13.0. The average molecular weight is 466 g/mol. The van der Waals surface area contributed by atoms with Crippen molar-refractivity contribution in [2.45, 2.75) is 64.5 Å². The van der Waals surface area contributed by atoms with Crippen molar-refractivity contribution in [1.82, 2.24) is 35.0 Å². The first-order chi connectivity index (χ1) is 16.4. The molecule has 1 spiro atoms. The normalized spacial score (nSPS) is 26.5. The molecule has 34 heavy (non-hydrogen) atoms. The van der Waals surface area contributed by atoms with Gasteiger partial charge in [-0.15, -0.1) is 5.10 Å². The molecule has 10 nitrogen and oxygen atoms in total. The van der Waals surface area contributed by atoms with Gasteiger partial charge in [-0.2, -0.15) is 4.68 Å². The summed E-state index contributed by atoms with van der Waals surface area (Å²) in [5, 5.41) is 11.2. The molecule has 1 amide bonds. The van der Waals surface area contributed by atoms with Gasteiger partial charge in [0.15, 0.2) is 5.82 Å². The topological polar surface area (TPSA) is 106 Å². The van der Waals surface area contributed by atoms with Crippen molar-refractivity contribution in [3.05, 3.63) is 41.5 Å². The quantitative estimate of drug-likeness (QED) is 0.620. The predicted octanol–water partition coefficient (Wildman–Crippen LogP) is 2.43. The van der Waals surface area contributed by atoms with Crippen LogP contribution in [0, 0.1) is 5.41 Å². The summed E-state index contributed by atoms with van der Waals surface area (Å²) in [6.45, 7) is 4.86. The van der Waals surface area contributed by atoms with E-state index in [0.29, 0.717) is 30.4 Å². The van der Waals surface area contributed by atoms with Gasteiger partial charge < -0.3 is 9.64 Å². The molecule has 0 bridgehead atoms. The highest BCUT2D eigenvalue weighted by Crippen LogP contribution is 2.47. The number of carbonyl (C=O) groups excluding carboxylic acids is 2. The number of ether oxygens (including phenoxy) is 1. The first kappa shape index (κ1) is 22.6. The van der Waals surface area contributed by atoms with E-state index >= 15 is 0 Å². The molecule has 0 radical (unpaired) electrons. The highest BCUT2D eigenvalue weighted by atomic mass is 16.5. The average Bonchev–Trinajstić information content (AvgIpc) is 3.50. The van der Waals surface area contributed by atoms with E-state index in [1.54, 1.807) is 16.5 Å². The van der Waals surface area contributed by atoms with Crippen LogP contribution in [-0.4, -0.2) is 73.1 Å². The maximum atomic E-state index is 13.0. The lowest BCUT2D eigenvalue weighted by molar-refractivity contribution is -0.139. The summed E-state index contributed by atoms with van der Waals surface area (Å²) in [4.78, 5) is 33.5. The zero-order valence-corrected chi connectivity index (χ0v) is 20.0. The zero-order chi connectivity index (χ0) is 23.9. The molecular weight excluding hydrogens is 434 g/mol. The molecule has 0 aromatic carbocycles. The molecule has 2 fully saturated rings. The third-order valence-electron chi connectivity index (χ3n) is 8.14. The number of rotatable bonds is 5. The lowest BCUT2D eigenvalue weighted by Gasteiger charge is -2.47. The highest BCUT2D eigenvalue weighted by molar-refractivity contribution is 5.92. The molecule has 1 saturated heterocycles. The number of piperidine rings is 1. The van der Waals surface area contributed by atoms with Crippen molar-refractivity contribution in [3.8, 4) is 5.82 Å². The molecule has 0 unspecified atom stereocenters. The van der Waals surface area contributed by atoms with Gasteiger partial charge in [0.25, 0.3) is 0 Å². The van der Waals surface area contributed by atoms with Crippen LogP contribution in [0.4, 0.5) is 0 Å². The Labute approximate surface area is 199 Å². The Morgan fingerprint density at radius 3 is 2.59 bits per heavy atom. The number of carbonyl (C=O) groups is 2. The van der Waals surface area contributed by atoms with Gasteiger partial charge in [-0.25, -0.2) is 9.78 Å². The second-order valence-corrected chi connectivity index (χ2v) is 9.90. The number of cyclic esters (lactones) is 1. The molecule has 2 aromatic rings. The van der Waals surface area contributed by atoms with Crippen molar-refractivity contribution in [2.24, 2.45) is 5.41 Å². The number of nitrogens with zero attached hydrogens (tertiary/aromatic N) is 7. The number of tetrazole rings is 1. The molecule has 1 aliphatic carbocycles. The van der Waals surface area contributed by atoms with Gasteiger partial charge in [-0.3, -0.25) is 9.69 Å². The number of amides is 1. The Morgan fingerprint density at radius 2 is 2.00 bits per heavy atom. The van der Waals surface area contributed by atoms with Crippen LogP contribution in [0.25, 0.3) is 5.82 Å². The van der Waals surface area contributed by atoms with Gasteiger partial charge in [-0.05, 0) is 80.5 Å². The standard InChI is InChI=1S/C24H31N7O3/c1-16-20(14-34-23(16)33)30-11-10-24(12-22(30)32)8-6-19(7-9-24)29(3)17(2)18-4-5-21(25-13-18)31-15-26-27-28-31/h4-5,13,15,17,19H,6-12,14H2,1-3H3/t17-,19-,24+/m1/s1. The fourth-order valence-electron chi connectivity index (χ4n) is 5.66. The van der Waals surface area contributed by atoms with E-state index in [0.717, 1.165) is 43.4 Å². The molecule has 180 valence electrons. The third kappa shape index (κ3) is 4.11. The molecule has 0 N–H and O–H groups in total. The summed E-state index contributed by atoms with van der Waals surface area (Å²) in [6.07, 6.45) is 9.23. The second-order valence-electron chi connectivity index (χ2n) is 9.90. The summed E-state index contributed by atoms with van der Waals surface area (Å²) in [7, 11) is 2.18. The van der Waals surface area contributed by atoms with Crippen molar-refractivity contribution < 1.29 is 14.3 Å². The molecule has 4 heterocycles. The van der Waals surface area contributed by atoms with Gasteiger partial charge in [0.1, 0.15) is 12.9 Å². The van der Waals surface area contributed by atoms with E-state index in [2.05, 4.69) is 45.4 Å². The number of likely N-dealkylation sites (tertiary alicyclic amines) is 1. The molecule has 1 atom stereocenters. The molecule has 2 aliphatic heterocycles. The lowest BCUT2D eigenvalue weighted by Crippen LogP contribution is -2.47. The van der Waals surface area contributed by atoms with E-state index in [-0.39, 0.29) is 29.9 Å². The van der Waals surface area contributed by atoms with Gasteiger partial charge >= 0.3 is 5.97 Å². The van der Waals surface area contributed by atoms with Crippen LogP contribution in [0.3, 0.4) is 0 Å². The minimum Gasteiger partial charge on any atom is -0.456 e. The van der Waals surface area contributed by atoms with Gasteiger partial charge in [0.2, 0.25) is 5.91 Å². The van der Waals surface area contributed by atoms with E-state index in [4.69, 9.17) is 4.74 Å². The SMILES string of the molecule is CC1=C(N2CC[C@]3(CC[C@H](N(C)[C@H](C)c4ccc(-n5cnnn5)nc4)CC3)CC2=O)COC1=O. The van der Waals surface area contributed by atoms with Crippen LogP contribution in [0.2, 0.25) is 0 Å². The van der Waals surface area contributed by atoms with Crippen molar-refractivity contribution >= 4 is 11.9 Å². The number of esters is 1. The number of aromatic nitrogens is 5. The fraction of sp³-hybridized carbons (Fsp3) is 0.583. The summed E-state index contributed by atoms with van der Waals surface area (Å²) in [5.74, 6) is 0.521.